The number of amides is 2. The highest BCUT2D eigenvalue weighted by molar-refractivity contribution is 6.02. The highest BCUT2D eigenvalue weighted by Crippen LogP contribution is 2.61. The number of aromatic nitrogens is 2. The summed E-state index contributed by atoms with van der Waals surface area (Å²) in [6.45, 7) is 0.281. The molecule has 29 heavy (non-hydrogen) atoms. The van der Waals surface area contributed by atoms with Crippen molar-refractivity contribution >= 4 is 17.5 Å². The van der Waals surface area contributed by atoms with Crippen LogP contribution in [0, 0.1) is 23.2 Å². The maximum atomic E-state index is 12.9. The highest BCUT2D eigenvalue weighted by atomic mass is 16.3. The Morgan fingerprint density at radius 1 is 1.21 bits per heavy atom. The molecule has 4 aliphatic rings. The lowest BCUT2D eigenvalue weighted by Gasteiger charge is -2.56. The van der Waals surface area contributed by atoms with E-state index in [0.29, 0.717) is 17.9 Å². The molecule has 4 fully saturated rings. The largest absolute Gasteiger partial charge is 0.467 e. The van der Waals surface area contributed by atoms with Crippen LogP contribution in [0.25, 0.3) is 0 Å². The molecule has 2 aromatic heterocycles. The number of hydrogen-bond acceptors (Lipinski definition) is 4. The number of carbonyl (C=O) groups is 2. The molecular weight excluding hydrogens is 368 g/mol. The zero-order valence-corrected chi connectivity index (χ0v) is 16.8. The fraction of sp³-hybridized carbons (Fsp3) is 0.591. The molecule has 2 amide bonds. The Morgan fingerprint density at radius 3 is 2.52 bits per heavy atom. The summed E-state index contributed by atoms with van der Waals surface area (Å²) in [4.78, 5) is 25.5. The van der Waals surface area contributed by atoms with Crippen molar-refractivity contribution in [1.29, 1.82) is 0 Å². The Hall–Kier alpha value is -2.57. The van der Waals surface area contributed by atoms with E-state index in [4.69, 9.17) is 4.42 Å². The van der Waals surface area contributed by atoms with Gasteiger partial charge in [-0.05, 0) is 73.8 Å². The number of nitrogens with zero attached hydrogens (tertiary/aromatic N) is 2. The first kappa shape index (κ1) is 18.5. The van der Waals surface area contributed by atoms with E-state index in [-0.39, 0.29) is 29.5 Å². The summed E-state index contributed by atoms with van der Waals surface area (Å²) in [7, 11) is 1.75. The van der Waals surface area contributed by atoms with Crippen LogP contribution in [-0.4, -0.2) is 21.6 Å². The number of rotatable bonds is 6. The molecule has 6 rings (SSSR count). The summed E-state index contributed by atoms with van der Waals surface area (Å²) in [5.41, 5.74) is 0.875. The van der Waals surface area contributed by atoms with Gasteiger partial charge in [0.1, 0.15) is 5.76 Å². The van der Waals surface area contributed by atoms with Gasteiger partial charge >= 0.3 is 0 Å². The van der Waals surface area contributed by atoms with Gasteiger partial charge in [0.15, 0.2) is 5.69 Å². The van der Waals surface area contributed by atoms with Crippen LogP contribution in [0.15, 0.2) is 29.0 Å². The average Bonchev–Trinajstić information content (AvgIpc) is 3.27. The lowest BCUT2D eigenvalue weighted by Crippen LogP contribution is -2.47. The number of anilines is 1. The van der Waals surface area contributed by atoms with Crippen molar-refractivity contribution in [2.45, 2.75) is 51.5 Å². The summed E-state index contributed by atoms with van der Waals surface area (Å²) >= 11 is 0. The van der Waals surface area contributed by atoms with Crippen LogP contribution in [0.1, 0.15) is 61.2 Å². The lowest BCUT2D eigenvalue weighted by atomic mass is 9.49. The molecule has 0 unspecified atom stereocenters. The molecule has 0 spiro atoms. The van der Waals surface area contributed by atoms with Crippen molar-refractivity contribution in [2.75, 3.05) is 5.32 Å². The van der Waals surface area contributed by atoms with Gasteiger partial charge in [-0.1, -0.05) is 0 Å². The van der Waals surface area contributed by atoms with Gasteiger partial charge < -0.3 is 15.1 Å². The Bertz CT molecular complexity index is 879. The molecule has 4 saturated carbocycles. The molecule has 0 radical (unpaired) electrons. The van der Waals surface area contributed by atoms with Crippen molar-refractivity contribution in [3.05, 3.63) is 36.0 Å². The second kappa shape index (κ2) is 7.04. The van der Waals surface area contributed by atoms with E-state index >= 15 is 0 Å². The minimum Gasteiger partial charge on any atom is -0.467 e. The summed E-state index contributed by atoms with van der Waals surface area (Å²) in [5, 5.41) is 10.0. The Labute approximate surface area is 170 Å². The van der Waals surface area contributed by atoms with Crippen LogP contribution in [0.2, 0.25) is 0 Å². The van der Waals surface area contributed by atoms with Crippen LogP contribution in [-0.2, 0) is 18.4 Å². The fourth-order valence-corrected chi connectivity index (χ4v) is 6.45. The number of hydrogen-bond donors (Lipinski definition) is 2. The predicted octanol–water partition coefficient (Wildman–Crippen LogP) is 3.49. The number of furan rings is 1. The molecular formula is C22H28N4O3. The van der Waals surface area contributed by atoms with E-state index in [1.807, 2.05) is 0 Å². The van der Waals surface area contributed by atoms with Gasteiger partial charge in [-0.2, -0.15) is 5.10 Å². The predicted molar refractivity (Wildman–Crippen MR) is 107 cm³/mol. The third kappa shape index (κ3) is 3.70. The first-order chi connectivity index (χ1) is 14.0. The maximum Gasteiger partial charge on any atom is 0.274 e. The monoisotopic (exact) mass is 396 g/mol. The van der Waals surface area contributed by atoms with Gasteiger partial charge in [-0.3, -0.25) is 14.3 Å². The minimum absolute atomic E-state index is 0.0000320. The molecule has 7 nitrogen and oxygen atoms in total. The molecule has 154 valence electrons. The normalized spacial score (nSPS) is 29.8. The fourth-order valence-electron chi connectivity index (χ4n) is 6.45. The quantitative estimate of drug-likeness (QED) is 0.782. The van der Waals surface area contributed by atoms with E-state index < -0.39 is 0 Å². The van der Waals surface area contributed by atoms with Gasteiger partial charge in [-0.25, -0.2) is 0 Å². The average molecular weight is 396 g/mol. The van der Waals surface area contributed by atoms with E-state index in [0.717, 1.165) is 17.8 Å². The van der Waals surface area contributed by atoms with E-state index in [9.17, 15) is 9.59 Å². The topological polar surface area (TPSA) is 89.2 Å². The zero-order chi connectivity index (χ0) is 20.0. The second-order valence-corrected chi connectivity index (χ2v) is 9.47. The van der Waals surface area contributed by atoms with Gasteiger partial charge in [0.05, 0.1) is 18.5 Å². The van der Waals surface area contributed by atoms with Crippen molar-refractivity contribution in [3.63, 3.8) is 0 Å². The van der Waals surface area contributed by atoms with Crippen LogP contribution in [0.3, 0.4) is 0 Å². The van der Waals surface area contributed by atoms with E-state index in [1.165, 1.54) is 38.5 Å². The summed E-state index contributed by atoms with van der Waals surface area (Å²) in [6.07, 6.45) is 11.5. The Morgan fingerprint density at radius 2 is 1.90 bits per heavy atom. The van der Waals surface area contributed by atoms with Crippen molar-refractivity contribution in [3.8, 4) is 0 Å². The molecule has 4 aliphatic carbocycles. The number of carbonyl (C=O) groups excluding carboxylic acids is 2. The second-order valence-electron chi connectivity index (χ2n) is 9.47. The van der Waals surface area contributed by atoms with Gasteiger partial charge in [-0.15, -0.1) is 0 Å². The molecule has 2 aromatic rings. The van der Waals surface area contributed by atoms with Crippen LogP contribution in [0.4, 0.5) is 5.69 Å². The highest BCUT2D eigenvalue weighted by Gasteiger charge is 2.51. The maximum absolute atomic E-state index is 12.9. The smallest absolute Gasteiger partial charge is 0.274 e. The van der Waals surface area contributed by atoms with Crippen molar-refractivity contribution in [2.24, 2.45) is 30.2 Å². The molecule has 2 N–H and O–H groups in total. The van der Waals surface area contributed by atoms with Gasteiger partial charge in [0, 0.05) is 19.7 Å². The number of aryl methyl sites for hydroxylation is 1. The van der Waals surface area contributed by atoms with Crippen LogP contribution < -0.4 is 10.6 Å². The molecule has 0 saturated heterocycles. The van der Waals surface area contributed by atoms with Gasteiger partial charge in [0.25, 0.3) is 5.91 Å². The Kier molecular flexibility index (Phi) is 4.48. The molecule has 2 heterocycles. The third-order valence-electron chi connectivity index (χ3n) is 7.02. The summed E-state index contributed by atoms with van der Waals surface area (Å²) in [6, 6.07) is 3.57. The van der Waals surface area contributed by atoms with Crippen LogP contribution in [0.5, 0.6) is 0 Å². The van der Waals surface area contributed by atoms with Crippen molar-refractivity contribution < 1.29 is 14.0 Å². The first-order valence-electron chi connectivity index (χ1n) is 10.6. The van der Waals surface area contributed by atoms with E-state index in [2.05, 4.69) is 15.7 Å². The zero-order valence-electron chi connectivity index (χ0n) is 16.8. The summed E-state index contributed by atoms with van der Waals surface area (Å²) in [5.74, 6) is 2.79. The van der Waals surface area contributed by atoms with Gasteiger partial charge in [0.2, 0.25) is 5.91 Å². The molecule has 0 aliphatic heterocycles. The van der Waals surface area contributed by atoms with Crippen molar-refractivity contribution in [1.82, 2.24) is 15.1 Å². The molecule has 0 aromatic carbocycles. The third-order valence-corrected chi connectivity index (χ3v) is 7.02. The number of nitrogens with one attached hydrogen (secondary N) is 2. The van der Waals surface area contributed by atoms with Crippen LogP contribution >= 0.6 is 0 Å². The molecule has 7 heteroatoms. The Balaban J connectivity index is 1.25. The lowest BCUT2D eigenvalue weighted by molar-refractivity contribution is -0.124. The molecule has 4 bridgehead atoms. The summed E-state index contributed by atoms with van der Waals surface area (Å²) < 4.78 is 6.80. The minimum atomic E-state index is -0.327. The molecule has 0 atom stereocenters. The SMILES string of the molecule is Cn1cc(NC(=O)CC23CC4CC(CC(C4)C2)C3)c(C(=O)NCc2ccco2)n1. The first-order valence-corrected chi connectivity index (χ1v) is 10.6. The standard InChI is InChI=1S/C22H28N4O3/c1-26-13-18(20(25-26)21(28)23-12-17-3-2-4-29-17)24-19(27)11-22-8-14-5-15(9-22)7-16(6-14)10-22/h2-4,13-16H,5-12H2,1H3,(H,23,28)(H,24,27). The van der Waals surface area contributed by atoms with E-state index in [1.54, 1.807) is 36.3 Å².